The number of hydrogen-bond donors (Lipinski definition) is 0. The molecule has 1 heterocycles. The molecule has 0 bridgehead atoms. The molecule has 0 N–H and O–H groups in total. The first-order valence-electron chi connectivity index (χ1n) is 6.00. The molecule has 0 saturated carbocycles. The molecule has 0 aromatic carbocycles. The maximum atomic E-state index is 5.62. The molecule has 96 valence electrons. The molecule has 1 fully saturated rings. The fourth-order valence-electron chi connectivity index (χ4n) is 2.91. The third kappa shape index (κ3) is 2.48. The maximum absolute atomic E-state index is 5.62. The van der Waals surface area contributed by atoms with Gasteiger partial charge < -0.3 is 18.2 Å². The highest BCUT2D eigenvalue weighted by Gasteiger charge is 2.51. The second-order valence-electron chi connectivity index (χ2n) is 4.42. The van der Waals surface area contributed by atoms with E-state index in [1.165, 1.54) is 19.4 Å². The topological polar surface area (TPSA) is 30.9 Å². The van der Waals surface area contributed by atoms with E-state index in [4.69, 9.17) is 13.3 Å². The number of likely N-dealkylation sites (tertiary alicyclic amines) is 1. The van der Waals surface area contributed by atoms with Gasteiger partial charge in [0.25, 0.3) is 0 Å². The summed E-state index contributed by atoms with van der Waals surface area (Å²) in [6.45, 7) is 3.36. The smallest absolute Gasteiger partial charge is 0.377 e. The minimum absolute atomic E-state index is 0.375. The van der Waals surface area contributed by atoms with E-state index in [1.54, 1.807) is 21.3 Å². The molecule has 5 heteroatoms. The van der Waals surface area contributed by atoms with Crippen LogP contribution in [0.25, 0.3) is 0 Å². The van der Waals surface area contributed by atoms with E-state index in [2.05, 4.69) is 18.9 Å². The van der Waals surface area contributed by atoms with Crippen LogP contribution in [0.4, 0.5) is 0 Å². The quantitative estimate of drug-likeness (QED) is 0.669. The lowest BCUT2D eigenvalue weighted by Crippen LogP contribution is -2.53. The first kappa shape index (κ1) is 14.1. The first-order chi connectivity index (χ1) is 7.65. The molecule has 16 heavy (non-hydrogen) atoms. The predicted molar refractivity (Wildman–Crippen MR) is 66.5 cm³/mol. The Morgan fingerprint density at radius 2 is 1.81 bits per heavy atom. The summed E-state index contributed by atoms with van der Waals surface area (Å²) in [6.07, 6.45) is 3.52. The molecule has 0 amide bonds. The van der Waals surface area contributed by atoms with E-state index in [1.807, 2.05) is 0 Å². The minimum Gasteiger partial charge on any atom is -0.377 e. The van der Waals surface area contributed by atoms with E-state index in [0.29, 0.717) is 11.6 Å². The van der Waals surface area contributed by atoms with Crippen LogP contribution in [0, 0.1) is 0 Å². The summed E-state index contributed by atoms with van der Waals surface area (Å²) in [4.78, 5) is 2.41. The normalized spacial score (nSPS) is 24.9. The summed E-state index contributed by atoms with van der Waals surface area (Å²) in [7, 11) is 4.80. The van der Waals surface area contributed by atoms with E-state index >= 15 is 0 Å². The fourth-order valence-corrected chi connectivity index (χ4v) is 5.71. The fraction of sp³-hybridized carbons (Fsp3) is 1.00. The van der Waals surface area contributed by atoms with Gasteiger partial charge in [-0.3, -0.25) is 0 Å². The molecule has 0 aromatic rings. The lowest BCUT2D eigenvalue weighted by Gasteiger charge is -2.37. The molecule has 4 nitrogen and oxygen atoms in total. The molecule has 0 radical (unpaired) electrons. The van der Waals surface area contributed by atoms with E-state index in [0.717, 1.165) is 6.42 Å². The summed E-state index contributed by atoms with van der Waals surface area (Å²) in [5, 5.41) is 0. The van der Waals surface area contributed by atoms with Crippen LogP contribution in [0.1, 0.15) is 26.2 Å². The van der Waals surface area contributed by atoms with Crippen LogP contribution in [-0.4, -0.2) is 54.7 Å². The average Bonchev–Trinajstić information content (AvgIpc) is 2.72. The molecule has 1 aliphatic heterocycles. The number of nitrogens with zero attached hydrogens (tertiary/aromatic N) is 1. The lowest BCUT2D eigenvalue weighted by atomic mass is 10.1. The third-order valence-electron chi connectivity index (χ3n) is 3.79. The van der Waals surface area contributed by atoms with Gasteiger partial charge in [0, 0.05) is 32.9 Å². The van der Waals surface area contributed by atoms with Crippen molar-refractivity contribution in [3.8, 4) is 0 Å². The van der Waals surface area contributed by atoms with Crippen LogP contribution >= 0.6 is 0 Å². The molecule has 1 saturated heterocycles. The van der Waals surface area contributed by atoms with Crippen LogP contribution in [0.2, 0.25) is 5.54 Å². The van der Waals surface area contributed by atoms with Gasteiger partial charge in [-0.2, -0.15) is 0 Å². The summed E-state index contributed by atoms with van der Waals surface area (Å²) < 4.78 is 16.9. The standard InChI is InChI=1S/C11H25NO3Si/c1-6-11(10-8-7-9-12(10)2)16(13-3,14-4)15-5/h10-11H,6-9H2,1-5H3. The Morgan fingerprint density at radius 1 is 1.25 bits per heavy atom. The molecule has 2 atom stereocenters. The molecular weight excluding hydrogens is 222 g/mol. The second kappa shape index (κ2) is 6.12. The van der Waals surface area contributed by atoms with Gasteiger partial charge in [0.1, 0.15) is 0 Å². The highest BCUT2D eigenvalue weighted by atomic mass is 28.4. The summed E-state index contributed by atoms with van der Waals surface area (Å²) in [5.74, 6) is 0. The van der Waals surface area contributed by atoms with Gasteiger partial charge in [0.05, 0.1) is 0 Å². The van der Waals surface area contributed by atoms with Crippen molar-refractivity contribution < 1.29 is 13.3 Å². The Balaban J connectivity index is 2.85. The van der Waals surface area contributed by atoms with Crippen LogP contribution in [0.3, 0.4) is 0 Å². The van der Waals surface area contributed by atoms with Crippen molar-refractivity contribution in [1.82, 2.24) is 4.90 Å². The summed E-state index contributed by atoms with van der Waals surface area (Å²) in [6, 6.07) is 0.538. The van der Waals surface area contributed by atoms with Crippen LogP contribution < -0.4 is 0 Å². The summed E-state index contributed by atoms with van der Waals surface area (Å²) in [5.41, 5.74) is 0.375. The van der Waals surface area contributed by atoms with Crippen molar-refractivity contribution in [2.45, 2.75) is 37.8 Å². The lowest BCUT2D eigenvalue weighted by molar-refractivity contribution is 0.0949. The predicted octanol–water partition coefficient (Wildman–Crippen LogP) is 1.74. The average molecular weight is 247 g/mol. The maximum Gasteiger partial charge on any atom is 0.505 e. The summed E-state index contributed by atoms with van der Waals surface area (Å²) >= 11 is 0. The monoisotopic (exact) mass is 247 g/mol. The number of hydrogen-bond acceptors (Lipinski definition) is 4. The molecular formula is C11H25NO3Si. The van der Waals surface area contributed by atoms with Gasteiger partial charge in [-0.1, -0.05) is 6.92 Å². The Hall–Kier alpha value is 0.0569. The Bertz CT molecular complexity index is 203. The van der Waals surface area contributed by atoms with E-state index in [-0.39, 0.29) is 0 Å². The molecule has 0 aliphatic carbocycles. The van der Waals surface area contributed by atoms with Crippen molar-refractivity contribution in [3.05, 3.63) is 0 Å². The molecule has 1 aliphatic rings. The Labute approximate surface area is 100 Å². The molecule has 0 spiro atoms. The van der Waals surface area contributed by atoms with Crippen molar-refractivity contribution in [1.29, 1.82) is 0 Å². The largest absolute Gasteiger partial charge is 0.505 e. The SMILES string of the molecule is CCC(C1CCCN1C)[Si](OC)(OC)OC. The first-order valence-corrected chi connectivity index (χ1v) is 7.81. The number of rotatable bonds is 6. The highest BCUT2D eigenvalue weighted by molar-refractivity contribution is 6.62. The van der Waals surface area contributed by atoms with Crippen molar-refractivity contribution in [2.24, 2.45) is 0 Å². The van der Waals surface area contributed by atoms with Gasteiger partial charge in [-0.05, 0) is 32.9 Å². The highest BCUT2D eigenvalue weighted by Crippen LogP contribution is 2.37. The van der Waals surface area contributed by atoms with Crippen LogP contribution in [0.5, 0.6) is 0 Å². The van der Waals surface area contributed by atoms with E-state index < -0.39 is 8.80 Å². The third-order valence-corrected chi connectivity index (χ3v) is 7.20. The molecule has 1 rings (SSSR count). The van der Waals surface area contributed by atoms with Gasteiger partial charge in [-0.15, -0.1) is 0 Å². The van der Waals surface area contributed by atoms with Crippen molar-refractivity contribution in [3.63, 3.8) is 0 Å². The Kier molecular flexibility index (Phi) is 5.40. The van der Waals surface area contributed by atoms with Crippen LogP contribution in [0.15, 0.2) is 0 Å². The second-order valence-corrected chi connectivity index (χ2v) is 7.59. The zero-order chi connectivity index (χ0) is 12.2. The zero-order valence-corrected chi connectivity index (χ0v) is 12.2. The van der Waals surface area contributed by atoms with Gasteiger partial charge in [0.2, 0.25) is 0 Å². The van der Waals surface area contributed by atoms with Gasteiger partial charge >= 0.3 is 8.80 Å². The van der Waals surface area contributed by atoms with Crippen molar-refractivity contribution in [2.75, 3.05) is 34.9 Å². The van der Waals surface area contributed by atoms with Gasteiger partial charge in [0.15, 0.2) is 0 Å². The Morgan fingerprint density at radius 3 is 2.12 bits per heavy atom. The van der Waals surface area contributed by atoms with Gasteiger partial charge in [-0.25, -0.2) is 0 Å². The molecule has 2 unspecified atom stereocenters. The molecule has 0 aromatic heterocycles. The van der Waals surface area contributed by atoms with Crippen LogP contribution in [-0.2, 0) is 13.3 Å². The minimum atomic E-state index is -2.50. The van der Waals surface area contributed by atoms with Crippen molar-refractivity contribution >= 4 is 8.80 Å². The van der Waals surface area contributed by atoms with E-state index in [9.17, 15) is 0 Å². The zero-order valence-electron chi connectivity index (χ0n) is 11.2.